The molecule has 5 aromatic rings. The summed E-state index contributed by atoms with van der Waals surface area (Å²) in [5, 5.41) is 12.0. The molecule has 1 N–H and O–H groups in total. The van der Waals surface area contributed by atoms with Crippen molar-refractivity contribution in [1.29, 1.82) is 0 Å². The van der Waals surface area contributed by atoms with E-state index in [0.717, 1.165) is 6.42 Å². The average Bonchev–Trinajstić information content (AvgIpc) is 3.31. The van der Waals surface area contributed by atoms with E-state index in [9.17, 15) is 0 Å². The summed E-state index contributed by atoms with van der Waals surface area (Å²) in [6, 6.07) is 22.4. The van der Waals surface area contributed by atoms with E-state index in [1.807, 2.05) is 11.3 Å². The van der Waals surface area contributed by atoms with Gasteiger partial charge in [-0.15, -0.1) is 11.3 Å². The number of allylic oxidation sites excluding steroid dienone is 4. The number of anilines is 1. The fourth-order valence-corrected chi connectivity index (χ4v) is 6.34. The fourth-order valence-electron chi connectivity index (χ4n) is 5.08. The summed E-state index contributed by atoms with van der Waals surface area (Å²) in [5.74, 6) is 0.457. The van der Waals surface area contributed by atoms with E-state index in [0.29, 0.717) is 5.92 Å². The molecular weight excluding hydrogens is 358 g/mol. The second-order valence-electron chi connectivity index (χ2n) is 7.80. The van der Waals surface area contributed by atoms with Gasteiger partial charge < -0.3 is 5.32 Å². The maximum absolute atomic E-state index is 3.79. The van der Waals surface area contributed by atoms with Gasteiger partial charge in [0.25, 0.3) is 0 Å². The molecule has 1 nitrogen and oxygen atoms in total. The lowest BCUT2D eigenvalue weighted by molar-refractivity contribution is 0.842. The van der Waals surface area contributed by atoms with Crippen molar-refractivity contribution in [1.82, 2.24) is 0 Å². The number of thiophene rings is 1. The van der Waals surface area contributed by atoms with Gasteiger partial charge >= 0.3 is 0 Å². The molecule has 1 aliphatic carbocycles. The summed E-state index contributed by atoms with van der Waals surface area (Å²) in [6.45, 7) is 0. The van der Waals surface area contributed by atoms with Crippen LogP contribution in [0.5, 0.6) is 0 Å². The van der Waals surface area contributed by atoms with Gasteiger partial charge in [-0.25, -0.2) is 0 Å². The van der Waals surface area contributed by atoms with Crippen LogP contribution in [0.2, 0.25) is 0 Å². The van der Waals surface area contributed by atoms with E-state index >= 15 is 0 Å². The molecule has 132 valence electrons. The van der Waals surface area contributed by atoms with Gasteiger partial charge in [0, 0.05) is 27.1 Å². The van der Waals surface area contributed by atoms with Crippen LogP contribution in [0.3, 0.4) is 0 Å². The maximum atomic E-state index is 3.79. The summed E-state index contributed by atoms with van der Waals surface area (Å²) in [6.07, 6.45) is 7.80. The van der Waals surface area contributed by atoms with E-state index < -0.39 is 0 Å². The molecular formula is C26H17NS. The van der Waals surface area contributed by atoms with Gasteiger partial charge in [0.05, 0.1) is 10.4 Å². The van der Waals surface area contributed by atoms with Crippen molar-refractivity contribution < 1.29 is 0 Å². The smallest absolute Gasteiger partial charge is 0.0609 e. The van der Waals surface area contributed by atoms with Crippen LogP contribution in [0.4, 0.5) is 5.69 Å². The van der Waals surface area contributed by atoms with Crippen molar-refractivity contribution in [2.45, 2.75) is 12.3 Å². The molecule has 1 unspecified atom stereocenters. The first kappa shape index (κ1) is 14.9. The van der Waals surface area contributed by atoms with Gasteiger partial charge in [-0.1, -0.05) is 60.7 Å². The molecule has 2 aliphatic rings. The topological polar surface area (TPSA) is 12.0 Å². The minimum atomic E-state index is 0.457. The molecule has 0 bridgehead atoms. The Morgan fingerprint density at radius 2 is 1.64 bits per heavy atom. The molecule has 2 heteroatoms. The van der Waals surface area contributed by atoms with E-state index in [2.05, 4.69) is 84.2 Å². The lowest BCUT2D eigenvalue weighted by atomic mass is 9.87. The Balaban J connectivity index is 1.71. The Hall–Kier alpha value is -3.10. The molecule has 0 radical (unpaired) electrons. The molecule has 1 aromatic heterocycles. The normalized spacial score (nSPS) is 17.9. The van der Waals surface area contributed by atoms with Crippen LogP contribution >= 0.6 is 11.3 Å². The van der Waals surface area contributed by atoms with Gasteiger partial charge in [-0.3, -0.25) is 0 Å². The van der Waals surface area contributed by atoms with Gasteiger partial charge in [0.15, 0.2) is 0 Å². The zero-order chi connectivity index (χ0) is 18.2. The summed E-state index contributed by atoms with van der Waals surface area (Å²) >= 11 is 1.93. The van der Waals surface area contributed by atoms with Crippen molar-refractivity contribution in [2.75, 3.05) is 5.32 Å². The molecule has 1 atom stereocenters. The van der Waals surface area contributed by atoms with E-state index in [4.69, 9.17) is 0 Å². The van der Waals surface area contributed by atoms with Crippen LogP contribution in [0.25, 0.3) is 41.7 Å². The molecule has 28 heavy (non-hydrogen) atoms. The highest BCUT2D eigenvalue weighted by Gasteiger charge is 2.32. The first-order valence-electron chi connectivity index (χ1n) is 9.82. The Labute approximate surface area is 166 Å². The van der Waals surface area contributed by atoms with Crippen molar-refractivity contribution in [3.8, 4) is 0 Å². The van der Waals surface area contributed by atoms with Gasteiger partial charge in [-0.2, -0.15) is 0 Å². The zero-order valence-electron chi connectivity index (χ0n) is 15.2. The third-order valence-electron chi connectivity index (χ3n) is 6.32. The van der Waals surface area contributed by atoms with Crippen molar-refractivity contribution >= 4 is 58.7 Å². The highest BCUT2D eigenvalue weighted by molar-refractivity contribution is 7.26. The maximum Gasteiger partial charge on any atom is 0.0609 e. The lowest BCUT2D eigenvalue weighted by Crippen LogP contribution is -2.01. The Bertz CT molecular complexity index is 1520. The number of rotatable bonds is 0. The van der Waals surface area contributed by atoms with Crippen LogP contribution < -0.4 is 5.32 Å². The first-order valence-corrected chi connectivity index (χ1v) is 10.6. The standard InChI is InChI=1S/C26H17NS/c1-2-8-16-14-22-20(13-15(16)7-1)24-18-10-4-3-9-17(18)23-19-11-5-6-12-21(19)27-25(23)26(24)28-22/h1-10,12-14,19,27H,11H2. The Morgan fingerprint density at radius 1 is 0.857 bits per heavy atom. The monoisotopic (exact) mass is 375 g/mol. The molecule has 0 amide bonds. The van der Waals surface area contributed by atoms with Crippen molar-refractivity contribution in [3.63, 3.8) is 0 Å². The molecule has 1 aliphatic heterocycles. The number of hydrogen-bond donors (Lipinski definition) is 1. The molecule has 2 heterocycles. The Kier molecular flexibility index (Phi) is 2.79. The van der Waals surface area contributed by atoms with Crippen LogP contribution in [0, 0.1) is 0 Å². The molecule has 0 saturated carbocycles. The summed E-state index contributed by atoms with van der Waals surface area (Å²) in [7, 11) is 0. The predicted molar refractivity (Wildman–Crippen MR) is 123 cm³/mol. The van der Waals surface area contributed by atoms with Crippen LogP contribution in [0.15, 0.2) is 84.6 Å². The minimum absolute atomic E-state index is 0.457. The second kappa shape index (κ2) is 5.24. The Morgan fingerprint density at radius 3 is 2.54 bits per heavy atom. The third kappa shape index (κ3) is 1.81. The van der Waals surface area contributed by atoms with E-state index in [-0.39, 0.29) is 0 Å². The van der Waals surface area contributed by atoms with Crippen molar-refractivity contribution in [3.05, 3.63) is 90.2 Å². The SMILES string of the molecule is C1=CCC2C(=C1)Nc1c2c2ccccc2c2c1sc1cc3ccccc3cc12. The predicted octanol–water partition coefficient (Wildman–Crippen LogP) is 7.71. The highest BCUT2D eigenvalue weighted by Crippen LogP contribution is 2.53. The molecule has 7 rings (SSSR count). The number of fused-ring (bicyclic) bond motifs is 11. The number of benzene rings is 4. The lowest BCUT2D eigenvalue weighted by Gasteiger charge is -2.15. The van der Waals surface area contributed by atoms with E-state index in [1.54, 1.807) is 0 Å². The number of nitrogens with one attached hydrogen (secondary N) is 1. The summed E-state index contributed by atoms with van der Waals surface area (Å²) in [5.41, 5.74) is 4.16. The quantitative estimate of drug-likeness (QED) is 0.292. The fraction of sp³-hybridized carbons (Fsp3) is 0.0769. The van der Waals surface area contributed by atoms with E-state index in [1.165, 1.54) is 58.7 Å². The summed E-state index contributed by atoms with van der Waals surface area (Å²) < 4.78 is 2.77. The van der Waals surface area contributed by atoms with Gasteiger partial charge in [-0.05, 0) is 51.7 Å². The molecule has 0 fully saturated rings. The minimum Gasteiger partial charge on any atom is -0.357 e. The van der Waals surface area contributed by atoms with Gasteiger partial charge in [0.2, 0.25) is 0 Å². The summed E-state index contributed by atoms with van der Waals surface area (Å²) in [4.78, 5) is 0. The zero-order valence-corrected chi connectivity index (χ0v) is 16.0. The first-order chi connectivity index (χ1) is 13.9. The molecule has 0 spiro atoms. The van der Waals surface area contributed by atoms with Crippen LogP contribution in [-0.4, -0.2) is 0 Å². The van der Waals surface area contributed by atoms with Crippen LogP contribution in [0.1, 0.15) is 17.9 Å². The van der Waals surface area contributed by atoms with Gasteiger partial charge in [0.1, 0.15) is 0 Å². The number of hydrogen-bond acceptors (Lipinski definition) is 2. The van der Waals surface area contributed by atoms with Crippen LogP contribution in [-0.2, 0) is 0 Å². The molecule has 0 saturated heterocycles. The average molecular weight is 375 g/mol. The molecule has 4 aromatic carbocycles. The largest absolute Gasteiger partial charge is 0.357 e. The third-order valence-corrected chi connectivity index (χ3v) is 7.49. The highest BCUT2D eigenvalue weighted by atomic mass is 32.1. The second-order valence-corrected chi connectivity index (χ2v) is 8.85. The van der Waals surface area contributed by atoms with Crippen molar-refractivity contribution in [2.24, 2.45) is 0 Å².